The number of benzene rings is 1. The molecule has 0 spiro atoms. The quantitative estimate of drug-likeness (QED) is 0.624. The zero-order chi connectivity index (χ0) is 19.3. The first-order chi connectivity index (χ1) is 12.2. The fourth-order valence-electron chi connectivity index (χ4n) is 2.27. The average molecular weight is 396 g/mol. The lowest BCUT2D eigenvalue weighted by Crippen LogP contribution is -2.38. The monoisotopic (exact) mass is 395 g/mol. The second kappa shape index (κ2) is 8.75. The van der Waals surface area contributed by atoms with E-state index in [4.69, 9.17) is 4.55 Å². The van der Waals surface area contributed by atoms with Crippen LogP contribution in [-0.2, 0) is 28.9 Å². The van der Waals surface area contributed by atoms with Crippen LogP contribution in [0.1, 0.15) is 50.0 Å². The average Bonchev–Trinajstić information content (AvgIpc) is 3.03. The minimum Gasteiger partial charge on any atom is -0.346 e. The molecule has 0 aliphatic heterocycles. The number of carbonyl (C=O) groups is 1. The number of hydrogen-bond donors (Lipinski definition) is 3. The Hall–Kier alpha value is -1.77. The van der Waals surface area contributed by atoms with E-state index in [1.165, 1.54) is 0 Å². The van der Waals surface area contributed by atoms with Gasteiger partial charge in [0.15, 0.2) is 0 Å². The second-order valence-electron chi connectivity index (χ2n) is 7.06. The molecule has 0 radical (unpaired) electrons. The fraction of sp³-hybridized carbons (Fsp3) is 0.444. The molecule has 0 saturated heterocycles. The molecule has 0 aliphatic rings. The number of thiazole rings is 1. The largest absolute Gasteiger partial charge is 0.346 e. The van der Waals surface area contributed by atoms with Crippen molar-refractivity contribution >= 4 is 34.2 Å². The maximum absolute atomic E-state index is 12.5. The number of rotatable bonds is 7. The summed E-state index contributed by atoms with van der Waals surface area (Å²) < 4.78 is 22.1. The van der Waals surface area contributed by atoms with Crippen molar-refractivity contribution in [3.05, 3.63) is 45.9 Å². The summed E-state index contributed by atoms with van der Waals surface area (Å²) in [5, 5.41) is 6.02. The fourth-order valence-corrected chi connectivity index (χ4v) is 3.56. The predicted molar refractivity (Wildman–Crippen MR) is 106 cm³/mol. The molecule has 0 aliphatic carbocycles. The highest BCUT2D eigenvalue weighted by Crippen LogP contribution is 2.25. The van der Waals surface area contributed by atoms with Gasteiger partial charge in [0.05, 0.1) is 11.7 Å². The highest BCUT2D eigenvalue weighted by molar-refractivity contribution is 7.80. The van der Waals surface area contributed by atoms with Crippen LogP contribution in [-0.4, -0.2) is 19.7 Å². The Morgan fingerprint density at radius 3 is 2.46 bits per heavy atom. The van der Waals surface area contributed by atoms with Gasteiger partial charge in [-0.25, -0.2) is 9.19 Å². The van der Waals surface area contributed by atoms with Gasteiger partial charge in [0.2, 0.25) is 5.91 Å². The molecule has 0 fully saturated rings. The van der Waals surface area contributed by atoms with Crippen LogP contribution in [0.25, 0.3) is 0 Å². The molecule has 1 unspecified atom stereocenters. The van der Waals surface area contributed by atoms with E-state index in [-0.39, 0.29) is 11.9 Å². The van der Waals surface area contributed by atoms with Gasteiger partial charge in [0.1, 0.15) is 5.01 Å². The Balaban J connectivity index is 2.20. The van der Waals surface area contributed by atoms with Crippen LogP contribution in [0.2, 0.25) is 0 Å². The Morgan fingerprint density at radius 1 is 1.31 bits per heavy atom. The summed E-state index contributed by atoms with van der Waals surface area (Å²) >= 11 is -0.541. The third kappa shape index (κ3) is 5.89. The number of anilines is 1. The summed E-state index contributed by atoms with van der Waals surface area (Å²) in [6.45, 7) is 7.70. The zero-order valence-electron chi connectivity index (χ0n) is 15.4. The molecule has 26 heavy (non-hydrogen) atoms. The van der Waals surface area contributed by atoms with Crippen molar-refractivity contribution in [2.45, 2.75) is 46.6 Å². The normalized spacial score (nSPS) is 13.9. The topological polar surface area (TPSA) is 91.3 Å². The van der Waals surface area contributed by atoms with Crippen LogP contribution in [0.3, 0.4) is 0 Å². The third-order valence-electron chi connectivity index (χ3n) is 3.82. The van der Waals surface area contributed by atoms with E-state index in [1.54, 1.807) is 23.5 Å². The molecular formula is C18H25N3O3S2. The SMILES string of the molecule is CCc1csc([C@H](Cc2ccc(NS(=O)O)cc2)NC(=O)C(C)(C)C)n1. The van der Waals surface area contributed by atoms with E-state index >= 15 is 0 Å². The Bertz CT molecular complexity index is 767. The van der Waals surface area contributed by atoms with Crippen LogP contribution in [0, 0.1) is 5.41 Å². The van der Waals surface area contributed by atoms with Gasteiger partial charge in [-0.2, -0.15) is 0 Å². The van der Waals surface area contributed by atoms with E-state index < -0.39 is 16.7 Å². The van der Waals surface area contributed by atoms with Crippen molar-refractivity contribution in [1.82, 2.24) is 10.3 Å². The van der Waals surface area contributed by atoms with Gasteiger partial charge in [-0.1, -0.05) is 39.8 Å². The Kier molecular flexibility index (Phi) is 6.91. The van der Waals surface area contributed by atoms with Crippen LogP contribution < -0.4 is 10.0 Å². The molecule has 8 heteroatoms. The van der Waals surface area contributed by atoms with Crippen molar-refractivity contribution in [2.24, 2.45) is 5.41 Å². The van der Waals surface area contributed by atoms with Crippen LogP contribution in [0.15, 0.2) is 29.6 Å². The number of aryl methyl sites for hydroxylation is 1. The van der Waals surface area contributed by atoms with E-state index in [0.29, 0.717) is 12.1 Å². The predicted octanol–water partition coefficient (Wildman–Crippen LogP) is 3.70. The molecule has 2 atom stereocenters. The molecule has 2 aromatic rings. The number of nitrogens with zero attached hydrogens (tertiary/aromatic N) is 1. The van der Waals surface area contributed by atoms with Gasteiger partial charge in [0.25, 0.3) is 11.3 Å². The van der Waals surface area contributed by atoms with Gasteiger partial charge in [-0.3, -0.25) is 14.1 Å². The molecule has 142 valence electrons. The number of amides is 1. The maximum Gasteiger partial charge on any atom is 0.259 e. The highest BCUT2D eigenvalue weighted by Gasteiger charge is 2.26. The minimum absolute atomic E-state index is 0.0234. The minimum atomic E-state index is -2.10. The molecular weight excluding hydrogens is 370 g/mol. The van der Waals surface area contributed by atoms with Gasteiger partial charge < -0.3 is 5.32 Å². The summed E-state index contributed by atoms with van der Waals surface area (Å²) in [5.41, 5.74) is 2.10. The molecule has 1 heterocycles. The number of carbonyl (C=O) groups excluding carboxylic acids is 1. The molecule has 1 amide bonds. The van der Waals surface area contributed by atoms with Gasteiger partial charge in [-0.05, 0) is 30.5 Å². The van der Waals surface area contributed by atoms with Crippen molar-refractivity contribution < 1.29 is 13.6 Å². The number of aromatic nitrogens is 1. The smallest absolute Gasteiger partial charge is 0.259 e. The number of hydrogen-bond acceptors (Lipinski definition) is 4. The van der Waals surface area contributed by atoms with Gasteiger partial charge in [-0.15, -0.1) is 11.3 Å². The molecule has 1 aromatic carbocycles. The summed E-state index contributed by atoms with van der Waals surface area (Å²) in [7, 11) is 0. The standard InChI is InChI=1S/C18H25N3O3S2/c1-5-13-11-25-16(19-13)15(20-17(22)18(2,3)4)10-12-6-8-14(9-7-12)21-26(23)24/h6-9,11,15,21H,5,10H2,1-4H3,(H,20,22)(H,23,24)/t15-/m0/s1. The van der Waals surface area contributed by atoms with E-state index in [0.717, 1.165) is 22.7 Å². The van der Waals surface area contributed by atoms with E-state index in [9.17, 15) is 9.00 Å². The molecule has 2 rings (SSSR count). The van der Waals surface area contributed by atoms with Crippen LogP contribution in [0.4, 0.5) is 5.69 Å². The highest BCUT2D eigenvalue weighted by atomic mass is 32.2. The molecule has 6 nitrogen and oxygen atoms in total. The zero-order valence-corrected chi connectivity index (χ0v) is 17.0. The first-order valence-electron chi connectivity index (χ1n) is 8.40. The third-order valence-corrected chi connectivity index (χ3v) is 5.23. The summed E-state index contributed by atoms with van der Waals surface area (Å²) in [4.78, 5) is 17.1. The van der Waals surface area contributed by atoms with Crippen molar-refractivity contribution in [2.75, 3.05) is 4.72 Å². The molecule has 0 saturated carbocycles. The van der Waals surface area contributed by atoms with Gasteiger partial charge >= 0.3 is 0 Å². The number of nitrogens with one attached hydrogen (secondary N) is 2. The van der Waals surface area contributed by atoms with Crippen molar-refractivity contribution in [3.63, 3.8) is 0 Å². The lowest BCUT2D eigenvalue weighted by Gasteiger charge is -2.23. The first kappa shape index (κ1) is 20.5. The van der Waals surface area contributed by atoms with Crippen molar-refractivity contribution in [3.8, 4) is 0 Å². The Labute approximate surface area is 160 Å². The lowest BCUT2D eigenvalue weighted by atomic mass is 9.94. The van der Waals surface area contributed by atoms with E-state index in [2.05, 4.69) is 21.9 Å². The Morgan fingerprint density at radius 2 is 1.96 bits per heavy atom. The molecule has 1 aromatic heterocycles. The first-order valence-corrected chi connectivity index (χ1v) is 10.4. The second-order valence-corrected chi connectivity index (χ2v) is 8.65. The summed E-state index contributed by atoms with van der Waals surface area (Å²) in [6.07, 6.45) is 1.45. The lowest BCUT2D eigenvalue weighted by molar-refractivity contribution is -0.129. The molecule has 3 N–H and O–H groups in total. The summed E-state index contributed by atoms with van der Waals surface area (Å²) in [6, 6.07) is 7.02. The molecule has 0 bridgehead atoms. The van der Waals surface area contributed by atoms with Crippen molar-refractivity contribution in [1.29, 1.82) is 0 Å². The van der Waals surface area contributed by atoms with Gasteiger partial charge in [0, 0.05) is 16.5 Å². The summed E-state index contributed by atoms with van der Waals surface area (Å²) in [5.74, 6) is -0.0234. The maximum atomic E-state index is 12.5. The van der Waals surface area contributed by atoms with E-state index in [1.807, 2.05) is 38.3 Å². The van der Waals surface area contributed by atoms with Crippen LogP contribution in [0.5, 0.6) is 0 Å². The van der Waals surface area contributed by atoms with Crippen LogP contribution >= 0.6 is 11.3 Å².